The predicted molar refractivity (Wildman–Crippen MR) is 147 cm³/mol. The maximum Gasteiger partial charge on any atom is 0.270 e. The summed E-state index contributed by atoms with van der Waals surface area (Å²) < 4.78 is 6.55. The fourth-order valence-electron chi connectivity index (χ4n) is 3.70. The Morgan fingerprint density at radius 1 is 0.912 bits per heavy atom. The van der Waals surface area contributed by atoms with Crippen LogP contribution in [0, 0.1) is 0 Å². The van der Waals surface area contributed by atoms with Crippen LogP contribution in [0.5, 0.6) is 5.75 Å². The Bertz CT molecular complexity index is 1470. The number of thiocarbonyl (C=S) groups is 1. The summed E-state index contributed by atoms with van der Waals surface area (Å²) >= 11 is 19.0. The van der Waals surface area contributed by atoms with Gasteiger partial charge in [0.25, 0.3) is 5.91 Å². The van der Waals surface area contributed by atoms with Crippen molar-refractivity contribution in [3.8, 4) is 5.75 Å². The first-order chi connectivity index (χ1) is 16.5. The lowest BCUT2D eigenvalue weighted by molar-refractivity contribution is -0.113. The van der Waals surface area contributed by atoms with E-state index in [2.05, 4.69) is 30.3 Å². The van der Waals surface area contributed by atoms with E-state index in [4.69, 9.17) is 40.2 Å². The zero-order chi connectivity index (χ0) is 23.7. The number of benzene rings is 4. The van der Waals surface area contributed by atoms with Crippen LogP contribution in [0.4, 0.5) is 5.69 Å². The first-order valence-electron chi connectivity index (χ1n) is 10.4. The van der Waals surface area contributed by atoms with E-state index in [-0.39, 0.29) is 5.91 Å². The molecule has 0 atom stereocenters. The molecule has 0 radical (unpaired) electrons. The molecule has 1 aliphatic heterocycles. The smallest absolute Gasteiger partial charge is 0.270 e. The summed E-state index contributed by atoms with van der Waals surface area (Å²) in [6.45, 7) is 0.414. The second-order valence-corrected chi connectivity index (χ2v) is 10.1. The lowest BCUT2D eigenvalue weighted by Gasteiger charge is -2.16. The Balaban J connectivity index is 1.39. The normalized spacial score (nSPS) is 14.9. The minimum Gasteiger partial charge on any atom is -0.488 e. The SMILES string of the molecule is O=C1/C(=C\c2ccccc2OCc2ccc3ccccc3c2)SC(=S)N1c1ccc(Cl)cc1Cl. The number of para-hydroxylation sites is 1. The Morgan fingerprint density at radius 3 is 2.50 bits per heavy atom. The van der Waals surface area contributed by atoms with Gasteiger partial charge in [-0.05, 0) is 52.7 Å². The van der Waals surface area contributed by atoms with Crippen LogP contribution in [-0.4, -0.2) is 10.2 Å². The average molecular weight is 522 g/mol. The highest BCUT2D eigenvalue weighted by Gasteiger charge is 2.34. The fraction of sp³-hybridized carbons (Fsp3) is 0.0370. The average Bonchev–Trinajstić information content (AvgIpc) is 3.11. The van der Waals surface area contributed by atoms with Gasteiger partial charge in [-0.1, -0.05) is 102 Å². The number of ether oxygens (including phenoxy) is 1. The number of thioether (sulfide) groups is 1. The lowest BCUT2D eigenvalue weighted by atomic mass is 10.1. The largest absolute Gasteiger partial charge is 0.488 e. The molecule has 0 aliphatic carbocycles. The van der Waals surface area contributed by atoms with E-state index in [0.717, 1.165) is 11.1 Å². The molecule has 0 unspecified atom stereocenters. The van der Waals surface area contributed by atoms with Crippen LogP contribution in [0.15, 0.2) is 89.8 Å². The number of rotatable bonds is 5. The van der Waals surface area contributed by atoms with Crippen molar-refractivity contribution in [2.75, 3.05) is 4.90 Å². The van der Waals surface area contributed by atoms with Crippen LogP contribution in [0.3, 0.4) is 0 Å². The van der Waals surface area contributed by atoms with Gasteiger partial charge in [0.15, 0.2) is 4.32 Å². The summed E-state index contributed by atoms with van der Waals surface area (Å²) in [5, 5.41) is 3.22. The lowest BCUT2D eigenvalue weighted by Crippen LogP contribution is -2.27. The molecule has 1 saturated heterocycles. The van der Waals surface area contributed by atoms with Crippen molar-refractivity contribution in [2.24, 2.45) is 0 Å². The van der Waals surface area contributed by atoms with Gasteiger partial charge in [-0.25, -0.2) is 0 Å². The Labute approximate surface area is 216 Å². The van der Waals surface area contributed by atoms with E-state index in [1.54, 1.807) is 24.3 Å². The van der Waals surface area contributed by atoms with E-state index in [1.165, 1.54) is 27.4 Å². The Hall–Kier alpha value is -2.83. The summed E-state index contributed by atoms with van der Waals surface area (Å²) in [5.41, 5.74) is 2.38. The third kappa shape index (κ3) is 4.70. The Morgan fingerprint density at radius 2 is 1.68 bits per heavy atom. The molecule has 0 N–H and O–H groups in total. The molecule has 1 aliphatic rings. The number of carbonyl (C=O) groups excluding carboxylic acids is 1. The van der Waals surface area contributed by atoms with Crippen molar-refractivity contribution in [1.82, 2.24) is 0 Å². The number of amides is 1. The third-order valence-electron chi connectivity index (χ3n) is 5.36. The molecule has 1 fully saturated rings. The minimum absolute atomic E-state index is 0.233. The molecule has 34 heavy (non-hydrogen) atoms. The van der Waals surface area contributed by atoms with Crippen LogP contribution in [0.25, 0.3) is 16.8 Å². The summed E-state index contributed by atoms with van der Waals surface area (Å²) in [5.74, 6) is 0.453. The van der Waals surface area contributed by atoms with Gasteiger partial charge in [0, 0.05) is 10.6 Å². The van der Waals surface area contributed by atoms with Crippen molar-refractivity contribution in [1.29, 1.82) is 0 Å². The molecule has 1 amide bonds. The topological polar surface area (TPSA) is 29.5 Å². The molecule has 5 rings (SSSR count). The van der Waals surface area contributed by atoms with Crippen molar-refractivity contribution in [3.63, 3.8) is 0 Å². The predicted octanol–water partition coefficient (Wildman–Crippen LogP) is 8.13. The van der Waals surface area contributed by atoms with Gasteiger partial charge in [0.05, 0.1) is 15.6 Å². The second-order valence-electron chi connectivity index (χ2n) is 7.62. The molecular weight excluding hydrogens is 505 g/mol. The number of halogens is 2. The van der Waals surface area contributed by atoms with Crippen LogP contribution in [-0.2, 0) is 11.4 Å². The third-order valence-corrected chi connectivity index (χ3v) is 7.20. The molecule has 4 aromatic rings. The van der Waals surface area contributed by atoms with Crippen molar-refractivity contribution in [3.05, 3.63) is 111 Å². The maximum atomic E-state index is 13.2. The number of anilines is 1. The van der Waals surface area contributed by atoms with Crippen molar-refractivity contribution >= 4 is 79.9 Å². The molecule has 7 heteroatoms. The maximum absolute atomic E-state index is 13.2. The van der Waals surface area contributed by atoms with Gasteiger partial charge in [0.1, 0.15) is 12.4 Å². The molecule has 0 bridgehead atoms. The number of fused-ring (bicyclic) bond motifs is 1. The molecule has 0 spiro atoms. The first kappa shape index (κ1) is 22.9. The fourth-order valence-corrected chi connectivity index (χ4v) is 5.47. The van der Waals surface area contributed by atoms with Gasteiger partial charge in [-0.15, -0.1) is 0 Å². The molecule has 168 valence electrons. The van der Waals surface area contributed by atoms with E-state index in [0.29, 0.717) is 37.3 Å². The van der Waals surface area contributed by atoms with Crippen molar-refractivity contribution in [2.45, 2.75) is 6.61 Å². The summed E-state index contributed by atoms with van der Waals surface area (Å²) in [4.78, 5) is 15.1. The molecule has 3 nitrogen and oxygen atoms in total. The molecule has 0 saturated carbocycles. The summed E-state index contributed by atoms with van der Waals surface area (Å²) in [6.07, 6.45) is 1.80. The number of hydrogen-bond donors (Lipinski definition) is 0. The van der Waals surface area contributed by atoms with Gasteiger partial charge >= 0.3 is 0 Å². The van der Waals surface area contributed by atoms with E-state index >= 15 is 0 Å². The van der Waals surface area contributed by atoms with Crippen LogP contribution in [0.1, 0.15) is 11.1 Å². The number of nitrogens with zero attached hydrogens (tertiary/aromatic N) is 1. The summed E-state index contributed by atoms with van der Waals surface area (Å²) in [6, 6.07) is 27.1. The van der Waals surface area contributed by atoms with Crippen LogP contribution < -0.4 is 9.64 Å². The van der Waals surface area contributed by atoms with E-state index in [9.17, 15) is 4.79 Å². The van der Waals surface area contributed by atoms with Crippen LogP contribution >= 0.6 is 47.2 Å². The highest BCUT2D eigenvalue weighted by molar-refractivity contribution is 8.27. The van der Waals surface area contributed by atoms with E-state index < -0.39 is 0 Å². The monoisotopic (exact) mass is 521 g/mol. The van der Waals surface area contributed by atoms with E-state index in [1.807, 2.05) is 36.4 Å². The number of hydrogen-bond acceptors (Lipinski definition) is 4. The van der Waals surface area contributed by atoms with Gasteiger partial charge < -0.3 is 4.74 Å². The Kier molecular flexibility index (Phi) is 6.61. The van der Waals surface area contributed by atoms with Gasteiger partial charge in [-0.3, -0.25) is 9.69 Å². The highest BCUT2D eigenvalue weighted by Crippen LogP contribution is 2.40. The number of carbonyl (C=O) groups is 1. The molecular formula is C27H17Cl2NO2S2. The molecule has 4 aromatic carbocycles. The van der Waals surface area contributed by atoms with Gasteiger partial charge in [-0.2, -0.15) is 0 Å². The minimum atomic E-state index is -0.233. The quantitative estimate of drug-likeness (QED) is 0.196. The van der Waals surface area contributed by atoms with Crippen LogP contribution in [0.2, 0.25) is 10.0 Å². The summed E-state index contributed by atoms with van der Waals surface area (Å²) in [7, 11) is 0. The first-order valence-corrected chi connectivity index (χ1v) is 12.4. The standard InChI is InChI=1S/C27H17Cl2NO2S2/c28-21-11-12-23(22(29)15-21)30-26(31)25(34-27(30)33)14-20-7-3-4-8-24(20)32-16-17-9-10-18-5-1-2-6-19(18)13-17/h1-15H,16H2/b25-14+. The zero-order valence-corrected chi connectivity index (χ0v) is 20.8. The zero-order valence-electron chi connectivity index (χ0n) is 17.7. The second kappa shape index (κ2) is 9.80. The molecule has 0 aromatic heterocycles. The van der Waals surface area contributed by atoms with Gasteiger partial charge in [0.2, 0.25) is 0 Å². The highest BCUT2D eigenvalue weighted by atomic mass is 35.5. The molecule has 1 heterocycles. The van der Waals surface area contributed by atoms with Crippen molar-refractivity contribution < 1.29 is 9.53 Å².